The smallest absolute Gasteiger partial charge is 0.250 e. The number of rotatable bonds is 6. The van der Waals surface area contributed by atoms with Crippen molar-refractivity contribution in [3.63, 3.8) is 0 Å². The van der Waals surface area contributed by atoms with E-state index in [2.05, 4.69) is 13.8 Å². The molecule has 0 bridgehead atoms. The first-order valence-electron chi connectivity index (χ1n) is 6.39. The number of benzene rings is 1. The van der Waals surface area contributed by atoms with Crippen LogP contribution in [0.5, 0.6) is 0 Å². The lowest BCUT2D eigenvalue weighted by molar-refractivity contribution is 0.100. The molecule has 1 amide bonds. The van der Waals surface area contributed by atoms with Crippen LogP contribution >= 0.6 is 11.6 Å². The lowest BCUT2D eigenvalue weighted by atomic mass is 10.0. The number of nitrogens with zero attached hydrogens (tertiary/aromatic N) is 1. The molecule has 0 aromatic heterocycles. The van der Waals surface area contributed by atoms with E-state index >= 15 is 0 Å². The fraction of sp³-hybridized carbons (Fsp3) is 0.500. The Bertz CT molecular complexity index is 448. The lowest BCUT2D eigenvalue weighted by Gasteiger charge is -2.24. The van der Waals surface area contributed by atoms with Gasteiger partial charge in [0.15, 0.2) is 0 Å². The number of nitrogens with two attached hydrogens (primary N) is 2. The van der Waals surface area contributed by atoms with Gasteiger partial charge in [0.05, 0.1) is 5.56 Å². The summed E-state index contributed by atoms with van der Waals surface area (Å²) in [4.78, 5) is 13.4. The van der Waals surface area contributed by atoms with Crippen LogP contribution in [-0.2, 0) is 0 Å². The molecule has 0 saturated carbocycles. The van der Waals surface area contributed by atoms with Crippen LogP contribution in [0.4, 0.5) is 5.69 Å². The minimum atomic E-state index is -0.475. The summed E-state index contributed by atoms with van der Waals surface area (Å²) in [6, 6.07) is 5.30. The second kappa shape index (κ2) is 6.78. The molecule has 1 rings (SSSR count). The summed E-state index contributed by atoms with van der Waals surface area (Å²) in [6.45, 7) is 4.96. The maximum atomic E-state index is 11.4. The van der Waals surface area contributed by atoms with Gasteiger partial charge in [0.2, 0.25) is 0 Å². The second-order valence-corrected chi connectivity index (χ2v) is 5.58. The maximum absolute atomic E-state index is 11.4. The number of hydrogen-bond donors (Lipinski definition) is 2. The fourth-order valence-corrected chi connectivity index (χ4v) is 2.01. The van der Waals surface area contributed by atoms with Gasteiger partial charge in [0.1, 0.15) is 0 Å². The molecule has 1 unspecified atom stereocenters. The van der Waals surface area contributed by atoms with Crippen LogP contribution < -0.4 is 16.4 Å². The molecule has 0 aliphatic rings. The van der Waals surface area contributed by atoms with Crippen LogP contribution in [0.25, 0.3) is 0 Å². The van der Waals surface area contributed by atoms with Gasteiger partial charge in [0, 0.05) is 30.3 Å². The van der Waals surface area contributed by atoms with E-state index in [9.17, 15) is 4.79 Å². The predicted octanol–water partition coefficient (Wildman–Crippen LogP) is 2.25. The Morgan fingerprint density at radius 1 is 1.42 bits per heavy atom. The van der Waals surface area contributed by atoms with Gasteiger partial charge < -0.3 is 16.4 Å². The molecule has 0 saturated heterocycles. The molecule has 4 nitrogen and oxygen atoms in total. The number of carbonyl (C=O) groups is 1. The lowest BCUT2D eigenvalue weighted by Crippen LogP contribution is -2.32. The van der Waals surface area contributed by atoms with Crippen molar-refractivity contribution >= 4 is 23.2 Å². The first-order valence-corrected chi connectivity index (χ1v) is 6.76. The summed E-state index contributed by atoms with van der Waals surface area (Å²) in [5.74, 6) is -0.0354. The third-order valence-corrected chi connectivity index (χ3v) is 3.52. The van der Waals surface area contributed by atoms with Crippen molar-refractivity contribution in [2.75, 3.05) is 18.5 Å². The van der Waals surface area contributed by atoms with E-state index in [0.29, 0.717) is 16.5 Å². The highest BCUT2D eigenvalue weighted by atomic mass is 35.5. The Morgan fingerprint density at radius 2 is 2.05 bits per heavy atom. The Hall–Kier alpha value is -1.26. The normalized spacial score (nSPS) is 12.5. The molecule has 0 spiro atoms. The van der Waals surface area contributed by atoms with Crippen molar-refractivity contribution in [3.8, 4) is 0 Å². The highest BCUT2D eigenvalue weighted by Crippen LogP contribution is 2.23. The molecule has 0 radical (unpaired) electrons. The van der Waals surface area contributed by atoms with Gasteiger partial charge in [-0.15, -0.1) is 0 Å². The third-order valence-electron chi connectivity index (χ3n) is 3.29. The molecular weight excluding hydrogens is 262 g/mol. The summed E-state index contributed by atoms with van der Waals surface area (Å²) in [5.41, 5.74) is 12.6. The monoisotopic (exact) mass is 283 g/mol. The van der Waals surface area contributed by atoms with Gasteiger partial charge in [-0.1, -0.05) is 25.4 Å². The Morgan fingerprint density at radius 3 is 2.58 bits per heavy atom. The van der Waals surface area contributed by atoms with Crippen molar-refractivity contribution in [2.24, 2.45) is 17.4 Å². The molecule has 0 aliphatic heterocycles. The predicted molar refractivity (Wildman–Crippen MR) is 80.7 cm³/mol. The van der Waals surface area contributed by atoms with Gasteiger partial charge in [-0.25, -0.2) is 0 Å². The van der Waals surface area contributed by atoms with Gasteiger partial charge in [0.25, 0.3) is 5.91 Å². The molecule has 19 heavy (non-hydrogen) atoms. The first-order chi connectivity index (χ1) is 8.82. The molecule has 0 aliphatic carbocycles. The van der Waals surface area contributed by atoms with E-state index in [1.165, 1.54) is 0 Å². The van der Waals surface area contributed by atoms with Crippen molar-refractivity contribution in [1.82, 2.24) is 0 Å². The van der Waals surface area contributed by atoms with Crippen LogP contribution in [0.15, 0.2) is 18.2 Å². The molecule has 4 N–H and O–H groups in total. The number of halogens is 1. The Kier molecular flexibility index (Phi) is 5.63. The average molecular weight is 284 g/mol. The van der Waals surface area contributed by atoms with E-state index in [4.69, 9.17) is 23.1 Å². The van der Waals surface area contributed by atoms with Gasteiger partial charge in [-0.05, 0) is 30.5 Å². The molecule has 5 heteroatoms. The maximum Gasteiger partial charge on any atom is 0.250 e. The summed E-state index contributed by atoms with van der Waals surface area (Å²) in [7, 11) is 1.92. The summed E-state index contributed by atoms with van der Waals surface area (Å²) in [5, 5.41) is 0.504. The molecule has 106 valence electrons. The van der Waals surface area contributed by atoms with Crippen LogP contribution in [-0.4, -0.2) is 25.5 Å². The number of anilines is 1. The number of hydrogen-bond acceptors (Lipinski definition) is 3. The minimum Gasteiger partial charge on any atom is -0.374 e. The third kappa shape index (κ3) is 4.40. The standard InChI is InChI=1S/C14H22ClN3O/c1-9(2)12(16)6-7-18(3)13-5-4-10(15)8-11(13)14(17)19/h4-5,8-9,12H,6-7,16H2,1-3H3,(H2,17,19). The van der Waals surface area contributed by atoms with E-state index in [-0.39, 0.29) is 6.04 Å². The van der Waals surface area contributed by atoms with Crippen LogP contribution in [0.3, 0.4) is 0 Å². The van der Waals surface area contributed by atoms with Crippen LogP contribution in [0, 0.1) is 5.92 Å². The van der Waals surface area contributed by atoms with Crippen molar-refractivity contribution < 1.29 is 4.79 Å². The van der Waals surface area contributed by atoms with Crippen LogP contribution in [0.2, 0.25) is 5.02 Å². The summed E-state index contributed by atoms with van der Waals surface area (Å²) < 4.78 is 0. The summed E-state index contributed by atoms with van der Waals surface area (Å²) in [6.07, 6.45) is 0.856. The van der Waals surface area contributed by atoms with Gasteiger partial charge in [-0.2, -0.15) is 0 Å². The quantitative estimate of drug-likeness (QED) is 0.841. The number of amides is 1. The molecule has 0 fully saturated rings. The SMILES string of the molecule is CC(C)C(N)CCN(C)c1ccc(Cl)cc1C(N)=O. The van der Waals surface area contributed by atoms with Crippen LogP contribution in [0.1, 0.15) is 30.6 Å². The highest BCUT2D eigenvalue weighted by molar-refractivity contribution is 6.31. The molecule has 0 heterocycles. The van der Waals surface area contributed by atoms with E-state index in [1.54, 1.807) is 12.1 Å². The Labute approximate surface area is 119 Å². The zero-order valence-corrected chi connectivity index (χ0v) is 12.4. The van der Waals surface area contributed by atoms with Crippen molar-refractivity contribution in [3.05, 3.63) is 28.8 Å². The largest absolute Gasteiger partial charge is 0.374 e. The highest BCUT2D eigenvalue weighted by Gasteiger charge is 2.14. The molecule has 1 atom stereocenters. The van der Waals surface area contributed by atoms with E-state index in [1.807, 2.05) is 18.0 Å². The number of primary amides is 1. The molecule has 1 aromatic carbocycles. The fourth-order valence-electron chi connectivity index (χ4n) is 1.83. The number of carbonyl (C=O) groups excluding carboxylic acids is 1. The van der Waals surface area contributed by atoms with E-state index < -0.39 is 5.91 Å². The first kappa shape index (κ1) is 15.8. The minimum absolute atomic E-state index is 0.145. The Balaban J connectivity index is 2.82. The van der Waals surface area contributed by atoms with Gasteiger partial charge in [-0.3, -0.25) is 4.79 Å². The zero-order valence-electron chi connectivity index (χ0n) is 11.7. The van der Waals surface area contributed by atoms with Gasteiger partial charge >= 0.3 is 0 Å². The topological polar surface area (TPSA) is 72.3 Å². The molecular formula is C14H22ClN3O. The molecule has 1 aromatic rings. The van der Waals surface area contributed by atoms with Crippen molar-refractivity contribution in [2.45, 2.75) is 26.3 Å². The summed E-state index contributed by atoms with van der Waals surface area (Å²) >= 11 is 5.89. The van der Waals surface area contributed by atoms with Crippen molar-refractivity contribution in [1.29, 1.82) is 0 Å². The van der Waals surface area contributed by atoms with E-state index in [0.717, 1.165) is 18.7 Å². The zero-order chi connectivity index (χ0) is 14.6. The second-order valence-electron chi connectivity index (χ2n) is 5.14. The average Bonchev–Trinajstić information content (AvgIpc) is 2.35.